The molecule has 0 fully saturated rings. The predicted molar refractivity (Wildman–Crippen MR) is 70.3 cm³/mol. The molecule has 0 amide bonds. The Morgan fingerprint density at radius 1 is 1.26 bits per heavy atom. The van der Waals surface area contributed by atoms with E-state index in [2.05, 4.69) is 0 Å². The molecule has 1 aliphatic rings. The van der Waals surface area contributed by atoms with Gasteiger partial charge >= 0.3 is 5.97 Å². The maximum atomic E-state index is 11.3. The summed E-state index contributed by atoms with van der Waals surface area (Å²) in [6.07, 6.45) is 0. The maximum Gasteiger partial charge on any atom is 0.308 e. The van der Waals surface area contributed by atoms with Crippen LogP contribution in [0.15, 0.2) is 18.2 Å². The summed E-state index contributed by atoms with van der Waals surface area (Å²) in [6, 6.07) is 4.80. The fourth-order valence-electron chi connectivity index (χ4n) is 2.33. The van der Waals surface area contributed by atoms with Crippen LogP contribution in [0.25, 0.3) is 0 Å². The van der Waals surface area contributed by atoms with Gasteiger partial charge in [0.25, 0.3) is 0 Å². The molecule has 104 valence electrons. The van der Waals surface area contributed by atoms with Gasteiger partial charge < -0.3 is 20.3 Å². The van der Waals surface area contributed by atoms with E-state index < -0.39 is 17.9 Å². The molecule has 0 spiro atoms. The highest BCUT2D eigenvalue weighted by Crippen LogP contribution is 2.35. The third-order valence-corrected chi connectivity index (χ3v) is 3.34. The van der Waals surface area contributed by atoms with Gasteiger partial charge in [-0.2, -0.15) is 0 Å². The van der Waals surface area contributed by atoms with Crippen LogP contribution < -0.4 is 15.2 Å². The minimum atomic E-state index is -0.877. The fourth-order valence-corrected chi connectivity index (χ4v) is 2.33. The van der Waals surface area contributed by atoms with E-state index in [1.165, 1.54) is 0 Å². The summed E-state index contributed by atoms with van der Waals surface area (Å²) in [5.74, 6) is -0.230. The van der Waals surface area contributed by atoms with Crippen LogP contribution in [0.2, 0.25) is 0 Å². The lowest BCUT2D eigenvalue weighted by Crippen LogP contribution is -2.32. The van der Waals surface area contributed by atoms with Crippen molar-refractivity contribution in [3.05, 3.63) is 23.8 Å². The molecule has 1 aromatic carbocycles. The highest BCUT2D eigenvalue weighted by Gasteiger charge is 2.30. The number of ether oxygens (including phenoxy) is 2. The molecular formula is C14H19NO4. The SMILES string of the molecule is CC(C)C(C(=O)O)C(N)c1ccc2c(c1)OCCO2. The van der Waals surface area contributed by atoms with Crippen LogP contribution in [0.4, 0.5) is 0 Å². The Morgan fingerprint density at radius 3 is 2.47 bits per heavy atom. The summed E-state index contributed by atoms with van der Waals surface area (Å²) in [5, 5.41) is 9.28. The van der Waals surface area contributed by atoms with Crippen LogP contribution in [-0.2, 0) is 4.79 Å². The molecule has 1 heterocycles. The van der Waals surface area contributed by atoms with Crippen molar-refractivity contribution in [3.8, 4) is 11.5 Å². The average Bonchev–Trinajstić information content (AvgIpc) is 2.37. The molecule has 2 rings (SSSR count). The van der Waals surface area contributed by atoms with Gasteiger partial charge in [0.2, 0.25) is 0 Å². The zero-order valence-electron chi connectivity index (χ0n) is 11.1. The lowest BCUT2D eigenvalue weighted by molar-refractivity contribution is -0.144. The Kier molecular flexibility index (Phi) is 3.95. The van der Waals surface area contributed by atoms with Crippen LogP contribution in [0, 0.1) is 11.8 Å². The van der Waals surface area contributed by atoms with Gasteiger partial charge in [0.15, 0.2) is 11.5 Å². The Hall–Kier alpha value is -1.75. The molecule has 1 aromatic rings. The number of carboxylic acids is 1. The third kappa shape index (κ3) is 2.81. The second-order valence-corrected chi connectivity index (χ2v) is 5.04. The molecule has 0 aromatic heterocycles. The minimum absolute atomic E-state index is 0.0410. The molecule has 0 aliphatic carbocycles. The number of hydrogen-bond donors (Lipinski definition) is 2. The van der Waals surface area contributed by atoms with Crippen LogP contribution >= 0.6 is 0 Å². The molecule has 0 radical (unpaired) electrons. The van der Waals surface area contributed by atoms with Crippen molar-refractivity contribution in [1.29, 1.82) is 0 Å². The monoisotopic (exact) mass is 265 g/mol. The van der Waals surface area contributed by atoms with Crippen LogP contribution in [-0.4, -0.2) is 24.3 Å². The second kappa shape index (κ2) is 5.48. The van der Waals surface area contributed by atoms with Crippen LogP contribution in [0.5, 0.6) is 11.5 Å². The van der Waals surface area contributed by atoms with Crippen molar-refractivity contribution >= 4 is 5.97 Å². The van der Waals surface area contributed by atoms with Gasteiger partial charge in [0.05, 0.1) is 5.92 Å². The first-order valence-corrected chi connectivity index (χ1v) is 6.38. The first kappa shape index (κ1) is 13.7. The number of fused-ring (bicyclic) bond motifs is 1. The van der Waals surface area contributed by atoms with Gasteiger partial charge in [-0.15, -0.1) is 0 Å². The fraction of sp³-hybridized carbons (Fsp3) is 0.500. The maximum absolute atomic E-state index is 11.3. The van der Waals surface area contributed by atoms with E-state index in [1.54, 1.807) is 18.2 Å². The first-order chi connectivity index (χ1) is 9.00. The van der Waals surface area contributed by atoms with Gasteiger partial charge in [-0.1, -0.05) is 19.9 Å². The second-order valence-electron chi connectivity index (χ2n) is 5.04. The topological polar surface area (TPSA) is 81.8 Å². The molecule has 2 unspecified atom stereocenters. The first-order valence-electron chi connectivity index (χ1n) is 6.38. The number of carbonyl (C=O) groups is 1. The normalized spacial score (nSPS) is 17.1. The summed E-state index contributed by atoms with van der Waals surface area (Å²) in [7, 11) is 0. The molecule has 0 saturated heterocycles. The highest BCUT2D eigenvalue weighted by atomic mass is 16.6. The number of nitrogens with two attached hydrogens (primary N) is 1. The van der Waals surface area contributed by atoms with E-state index in [0.717, 1.165) is 5.56 Å². The molecule has 5 heteroatoms. The zero-order chi connectivity index (χ0) is 14.0. The lowest BCUT2D eigenvalue weighted by atomic mass is 9.85. The van der Waals surface area contributed by atoms with Gasteiger partial charge in [-0.25, -0.2) is 0 Å². The zero-order valence-corrected chi connectivity index (χ0v) is 11.1. The predicted octanol–water partition coefficient (Wildman–Crippen LogP) is 1.81. The van der Waals surface area contributed by atoms with E-state index >= 15 is 0 Å². The number of benzene rings is 1. The molecule has 3 N–H and O–H groups in total. The Bertz CT molecular complexity index is 473. The van der Waals surface area contributed by atoms with Crippen molar-refractivity contribution in [2.24, 2.45) is 17.6 Å². The summed E-state index contributed by atoms with van der Waals surface area (Å²) in [4.78, 5) is 11.3. The standard InChI is InChI=1S/C14H19NO4/c1-8(2)12(14(16)17)13(15)9-3-4-10-11(7-9)19-6-5-18-10/h3-4,7-8,12-13H,5-6,15H2,1-2H3,(H,16,17). The van der Waals surface area contributed by atoms with Crippen molar-refractivity contribution in [3.63, 3.8) is 0 Å². The molecule has 1 aliphatic heterocycles. The Morgan fingerprint density at radius 2 is 1.89 bits per heavy atom. The molecule has 19 heavy (non-hydrogen) atoms. The smallest absolute Gasteiger partial charge is 0.308 e. The largest absolute Gasteiger partial charge is 0.486 e. The number of carboxylic acid groups (broad SMARTS) is 1. The van der Waals surface area contributed by atoms with Gasteiger partial charge in [0, 0.05) is 6.04 Å². The van der Waals surface area contributed by atoms with Gasteiger partial charge in [-0.05, 0) is 23.6 Å². The third-order valence-electron chi connectivity index (χ3n) is 3.34. The van der Waals surface area contributed by atoms with Crippen molar-refractivity contribution in [1.82, 2.24) is 0 Å². The Labute approximate surface area is 112 Å². The molecule has 0 saturated carbocycles. The summed E-state index contributed by atoms with van der Waals surface area (Å²) < 4.78 is 10.9. The van der Waals surface area contributed by atoms with Crippen molar-refractivity contribution in [2.75, 3.05) is 13.2 Å². The lowest BCUT2D eigenvalue weighted by Gasteiger charge is -2.25. The summed E-state index contributed by atoms with van der Waals surface area (Å²) >= 11 is 0. The van der Waals surface area contributed by atoms with E-state index in [4.69, 9.17) is 15.2 Å². The number of hydrogen-bond acceptors (Lipinski definition) is 4. The summed E-state index contributed by atoms with van der Waals surface area (Å²) in [5.41, 5.74) is 6.85. The van der Waals surface area contributed by atoms with E-state index in [-0.39, 0.29) is 5.92 Å². The quantitative estimate of drug-likeness (QED) is 0.867. The highest BCUT2D eigenvalue weighted by molar-refractivity contribution is 5.71. The van der Waals surface area contributed by atoms with E-state index in [0.29, 0.717) is 24.7 Å². The van der Waals surface area contributed by atoms with Crippen LogP contribution in [0.1, 0.15) is 25.5 Å². The van der Waals surface area contributed by atoms with E-state index in [1.807, 2.05) is 13.8 Å². The van der Waals surface area contributed by atoms with Gasteiger partial charge in [0.1, 0.15) is 13.2 Å². The van der Waals surface area contributed by atoms with Crippen molar-refractivity contribution < 1.29 is 19.4 Å². The molecule has 5 nitrogen and oxygen atoms in total. The Balaban J connectivity index is 2.27. The van der Waals surface area contributed by atoms with Gasteiger partial charge in [-0.3, -0.25) is 4.79 Å². The number of rotatable bonds is 4. The minimum Gasteiger partial charge on any atom is -0.486 e. The van der Waals surface area contributed by atoms with Crippen molar-refractivity contribution in [2.45, 2.75) is 19.9 Å². The van der Waals surface area contributed by atoms with E-state index in [9.17, 15) is 9.90 Å². The molecule has 0 bridgehead atoms. The van der Waals surface area contributed by atoms with Crippen LogP contribution in [0.3, 0.4) is 0 Å². The molecular weight excluding hydrogens is 246 g/mol. The molecule has 2 atom stereocenters. The average molecular weight is 265 g/mol. The number of aliphatic carboxylic acids is 1. The summed E-state index contributed by atoms with van der Waals surface area (Å²) in [6.45, 7) is 4.74.